The van der Waals surface area contributed by atoms with Crippen molar-refractivity contribution in [3.05, 3.63) is 0 Å². The molecule has 0 spiro atoms. The van der Waals surface area contributed by atoms with Gasteiger partial charge in [-0.2, -0.15) is 13.2 Å². The Labute approximate surface area is 123 Å². The van der Waals surface area contributed by atoms with Gasteiger partial charge < -0.3 is 18.9 Å². The quantitative estimate of drug-likeness (QED) is 0.566. The molecule has 1 saturated heterocycles. The summed E-state index contributed by atoms with van der Waals surface area (Å²) in [5, 5.41) is 0. The van der Waals surface area contributed by atoms with Crippen LogP contribution in [0.5, 0.6) is 0 Å². The number of esters is 3. The second-order valence-electron chi connectivity index (χ2n) is 4.60. The molecule has 22 heavy (non-hydrogen) atoms. The van der Waals surface area contributed by atoms with Crippen LogP contribution in [0.25, 0.3) is 0 Å². The first-order valence-electron chi connectivity index (χ1n) is 6.24. The van der Waals surface area contributed by atoms with Crippen molar-refractivity contribution in [2.24, 2.45) is 0 Å². The van der Waals surface area contributed by atoms with Crippen LogP contribution in [0.3, 0.4) is 0 Å². The minimum Gasteiger partial charge on any atom is -0.458 e. The first kappa shape index (κ1) is 18.2. The van der Waals surface area contributed by atoms with E-state index in [2.05, 4.69) is 9.47 Å². The maximum absolute atomic E-state index is 12.8. The number of halogens is 3. The Morgan fingerprint density at radius 2 is 1.45 bits per heavy atom. The van der Waals surface area contributed by atoms with Crippen molar-refractivity contribution in [1.29, 1.82) is 0 Å². The molecule has 1 aliphatic heterocycles. The average Bonchev–Trinajstić information content (AvgIpc) is 2.29. The van der Waals surface area contributed by atoms with E-state index in [0.717, 1.165) is 20.8 Å². The summed E-state index contributed by atoms with van der Waals surface area (Å²) < 4.78 is 57.3. The lowest BCUT2D eigenvalue weighted by atomic mass is 10.0. The lowest BCUT2D eigenvalue weighted by molar-refractivity contribution is -0.321. The van der Waals surface area contributed by atoms with E-state index in [1.54, 1.807) is 0 Å². The van der Waals surface area contributed by atoms with Crippen molar-refractivity contribution >= 4 is 17.9 Å². The lowest BCUT2D eigenvalue weighted by Crippen LogP contribution is -2.56. The van der Waals surface area contributed by atoms with Crippen LogP contribution < -0.4 is 0 Å². The fourth-order valence-electron chi connectivity index (χ4n) is 1.94. The van der Waals surface area contributed by atoms with Gasteiger partial charge in [0.2, 0.25) is 12.4 Å². The van der Waals surface area contributed by atoms with Gasteiger partial charge in [-0.1, -0.05) is 0 Å². The highest BCUT2D eigenvalue weighted by molar-refractivity contribution is 5.68. The maximum atomic E-state index is 12.8. The SMILES string of the molecule is CC(=O)O[C@H]1O[C@@H](C(F)(F)F)C[C@@H](OC(C)=O)[C@@H]1OC(C)=O. The third kappa shape index (κ3) is 5.17. The molecule has 1 fully saturated rings. The molecule has 1 heterocycles. The number of ether oxygens (including phenoxy) is 4. The summed E-state index contributed by atoms with van der Waals surface area (Å²) in [4.78, 5) is 33.1. The van der Waals surface area contributed by atoms with Gasteiger partial charge in [0, 0.05) is 27.2 Å². The zero-order valence-electron chi connectivity index (χ0n) is 12.0. The highest BCUT2D eigenvalue weighted by Gasteiger charge is 2.53. The summed E-state index contributed by atoms with van der Waals surface area (Å²) in [6.07, 6.45) is -12.6. The van der Waals surface area contributed by atoms with E-state index in [4.69, 9.17) is 9.47 Å². The van der Waals surface area contributed by atoms with Gasteiger partial charge in [0.15, 0.2) is 6.10 Å². The fourth-order valence-corrected chi connectivity index (χ4v) is 1.94. The molecular formula is C12H15F3O7. The number of alkyl halides is 3. The van der Waals surface area contributed by atoms with Crippen LogP contribution in [-0.2, 0) is 33.3 Å². The molecule has 10 heteroatoms. The van der Waals surface area contributed by atoms with Gasteiger partial charge >= 0.3 is 24.1 Å². The largest absolute Gasteiger partial charge is 0.458 e. The van der Waals surface area contributed by atoms with Gasteiger partial charge in [-0.25, -0.2) is 0 Å². The molecule has 0 bridgehead atoms. The van der Waals surface area contributed by atoms with Gasteiger partial charge in [0.05, 0.1) is 0 Å². The molecule has 0 saturated carbocycles. The normalized spacial score (nSPS) is 28.6. The summed E-state index contributed by atoms with van der Waals surface area (Å²) in [5.74, 6) is -2.66. The fraction of sp³-hybridized carbons (Fsp3) is 0.750. The van der Waals surface area contributed by atoms with Crippen LogP contribution in [0, 0.1) is 0 Å². The monoisotopic (exact) mass is 328 g/mol. The van der Waals surface area contributed by atoms with Crippen LogP contribution >= 0.6 is 0 Å². The van der Waals surface area contributed by atoms with Crippen LogP contribution in [0.2, 0.25) is 0 Å². The Bertz CT molecular complexity index is 422. The molecule has 4 atom stereocenters. The lowest BCUT2D eigenvalue weighted by Gasteiger charge is -2.39. The third-order valence-electron chi connectivity index (χ3n) is 2.65. The van der Waals surface area contributed by atoms with E-state index in [0.29, 0.717) is 0 Å². The number of rotatable bonds is 3. The van der Waals surface area contributed by atoms with Gasteiger partial charge in [-0.05, 0) is 0 Å². The molecule has 0 unspecified atom stereocenters. The average molecular weight is 328 g/mol. The Hall–Kier alpha value is -1.84. The molecular weight excluding hydrogens is 313 g/mol. The van der Waals surface area contributed by atoms with Crippen molar-refractivity contribution in [1.82, 2.24) is 0 Å². The van der Waals surface area contributed by atoms with Gasteiger partial charge in [-0.3, -0.25) is 14.4 Å². The van der Waals surface area contributed by atoms with Crippen molar-refractivity contribution in [3.63, 3.8) is 0 Å². The summed E-state index contributed by atoms with van der Waals surface area (Å²) in [7, 11) is 0. The van der Waals surface area contributed by atoms with Crippen LogP contribution in [0.15, 0.2) is 0 Å². The molecule has 0 amide bonds. The summed E-state index contributed by atoms with van der Waals surface area (Å²) >= 11 is 0. The highest BCUT2D eigenvalue weighted by atomic mass is 19.4. The topological polar surface area (TPSA) is 88.1 Å². The number of hydrogen-bond acceptors (Lipinski definition) is 7. The van der Waals surface area contributed by atoms with Gasteiger partial charge in [-0.15, -0.1) is 0 Å². The standard InChI is InChI=1S/C12H15F3O7/c1-5(16)19-8-4-9(12(13,14)15)22-11(21-7(3)18)10(8)20-6(2)17/h8-11H,4H2,1-3H3/t8-,9-,10+,11+/m1/s1. The number of carbonyl (C=O) groups is 3. The second kappa shape index (κ2) is 6.95. The minimum absolute atomic E-state index is 0.779. The predicted octanol–water partition coefficient (Wildman–Crippen LogP) is 1.09. The van der Waals surface area contributed by atoms with Crippen LogP contribution in [0.1, 0.15) is 27.2 Å². The first-order valence-corrected chi connectivity index (χ1v) is 6.24. The molecule has 0 aromatic carbocycles. The van der Waals surface area contributed by atoms with E-state index in [9.17, 15) is 27.6 Å². The number of hydrogen-bond donors (Lipinski definition) is 0. The second-order valence-corrected chi connectivity index (χ2v) is 4.60. The maximum Gasteiger partial charge on any atom is 0.414 e. The van der Waals surface area contributed by atoms with Gasteiger partial charge in [0.1, 0.15) is 6.10 Å². The summed E-state index contributed by atoms with van der Waals surface area (Å²) in [6.45, 7) is 2.95. The minimum atomic E-state index is -4.77. The molecule has 1 rings (SSSR count). The molecule has 0 aromatic heterocycles. The predicted molar refractivity (Wildman–Crippen MR) is 62.2 cm³/mol. The molecule has 7 nitrogen and oxygen atoms in total. The smallest absolute Gasteiger partial charge is 0.414 e. The first-order chi connectivity index (χ1) is 10.0. The van der Waals surface area contributed by atoms with Crippen molar-refractivity contribution in [2.45, 2.75) is 58.0 Å². The van der Waals surface area contributed by atoms with E-state index >= 15 is 0 Å². The molecule has 1 aliphatic rings. The van der Waals surface area contributed by atoms with E-state index in [1.807, 2.05) is 0 Å². The summed E-state index contributed by atoms with van der Waals surface area (Å²) in [6, 6.07) is 0. The van der Waals surface area contributed by atoms with Crippen LogP contribution in [0.4, 0.5) is 13.2 Å². The van der Waals surface area contributed by atoms with Crippen molar-refractivity contribution < 1.29 is 46.5 Å². The molecule has 0 aromatic rings. The zero-order valence-corrected chi connectivity index (χ0v) is 12.0. The van der Waals surface area contributed by atoms with E-state index in [1.165, 1.54) is 0 Å². The highest BCUT2D eigenvalue weighted by Crippen LogP contribution is 2.35. The summed E-state index contributed by atoms with van der Waals surface area (Å²) in [5.41, 5.74) is 0. The Morgan fingerprint density at radius 1 is 0.955 bits per heavy atom. The third-order valence-corrected chi connectivity index (χ3v) is 2.65. The molecule has 0 radical (unpaired) electrons. The van der Waals surface area contributed by atoms with Crippen molar-refractivity contribution in [2.75, 3.05) is 0 Å². The Balaban J connectivity index is 3.06. The van der Waals surface area contributed by atoms with E-state index < -0.39 is 55.1 Å². The molecule has 0 N–H and O–H groups in total. The van der Waals surface area contributed by atoms with Crippen LogP contribution in [-0.4, -0.2) is 48.7 Å². The van der Waals surface area contributed by atoms with E-state index in [-0.39, 0.29) is 0 Å². The molecule has 0 aliphatic carbocycles. The van der Waals surface area contributed by atoms with Crippen molar-refractivity contribution in [3.8, 4) is 0 Å². The van der Waals surface area contributed by atoms with Gasteiger partial charge in [0.25, 0.3) is 0 Å². The molecule has 126 valence electrons. The Morgan fingerprint density at radius 3 is 1.86 bits per heavy atom. The zero-order chi connectivity index (χ0) is 17.1. The number of carbonyl (C=O) groups excluding carboxylic acids is 3. The Kier molecular flexibility index (Phi) is 5.75.